The SMILES string of the molecule is CC(C)(C)c1ccnc(-c2[c-]cc(F)cc2)c1.[2H]C([2H])([2H])c1c[c-]c(-c2cc(C(C)(C)C)ncn2)c2oc3c(ccc4c5cccc(-c6c(C(C)C)cc(C(C)C)cc6C(C)C)c5oc43)c12.[Ir]. The van der Waals surface area contributed by atoms with Gasteiger partial charge in [-0.05, 0) is 74.5 Å². The maximum absolute atomic E-state index is 12.8. The van der Waals surface area contributed by atoms with E-state index in [-0.39, 0.29) is 42.3 Å². The molecule has 4 heterocycles. The number of benzene rings is 5. The van der Waals surface area contributed by atoms with Gasteiger partial charge in [0.05, 0.1) is 5.58 Å². The molecule has 5 nitrogen and oxygen atoms in total. The summed E-state index contributed by atoms with van der Waals surface area (Å²) in [7, 11) is 0. The van der Waals surface area contributed by atoms with Crippen molar-refractivity contribution in [1.82, 2.24) is 15.0 Å². The minimum Gasteiger partial charge on any atom is -0.497 e. The van der Waals surface area contributed by atoms with Crippen molar-refractivity contribution in [2.75, 3.05) is 0 Å². The Morgan fingerprint density at radius 3 is 1.94 bits per heavy atom. The fourth-order valence-electron chi connectivity index (χ4n) is 8.30. The molecule has 4 aromatic heterocycles. The van der Waals surface area contributed by atoms with Gasteiger partial charge >= 0.3 is 0 Å². The topological polar surface area (TPSA) is 65.0 Å². The quantitative estimate of drug-likeness (QED) is 0.155. The summed E-state index contributed by atoms with van der Waals surface area (Å²) in [5.41, 5.74) is 13.5. The van der Waals surface area contributed by atoms with E-state index in [1.54, 1.807) is 24.7 Å². The summed E-state index contributed by atoms with van der Waals surface area (Å²) in [6.45, 7) is 23.9. The largest absolute Gasteiger partial charge is 0.497 e. The molecule has 9 rings (SSSR count). The molecule has 64 heavy (non-hydrogen) atoms. The zero-order valence-electron chi connectivity index (χ0n) is 41.8. The van der Waals surface area contributed by atoms with Gasteiger partial charge in [0.1, 0.15) is 11.9 Å². The van der Waals surface area contributed by atoms with Crippen LogP contribution in [0.3, 0.4) is 0 Å². The van der Waals surface area contributed by atoms with E-state index in [1.165, 1.54) is 39.9 Å². The van der Waals surface area contributed by atoms with Gasteiger partial charge in [-0.2, -0.15) is 0 Å². The fourth-order valence-corrected chi connectivity index (χ4v) is 8.30. The third kappa shape index (κ3) is 8.82. The first kappa shape index (κ1) is 42.5. The molecule has 9 aromatic rings. The standard InChI is InChI=1S/C42H43N2O2.C15H15FN.Ir/c1-22(2)26-18-32(23(3)4)37(33(19-26)24(5)6)30-13-11-12-27-28-16-17-31-36-25(7)14-15-29(34-20-35(42(8,9)10)44-21-43-34)39(36)46-41(31)40(28)45-38(27)30;1-15(2,3)12-8-9-17-14(10-12)11-4-6-13(16)7-5-11;/h11-14,16-24H,1-10H3;4,6-10H,1-3H3;/q2*-1;/i7D3;;. The minimum atomic E-state index is -2.38. The predicted octanol–water partition coefficient (Wildman–Crippen LogP) is 16.4. The van der Waals surface area contributed by atoms with Gasteiger partial charge in [0.15, 0.2) is 11.2 Å². The van der Waals surface area contributed by atoms with Crippen molar-refractivity contribution in [3.8, 4) is 33.6 Å². The molecule has 0 saturated carbocycles. The van der Waals surface area contributed by atoms with Crippen LogP contribution in [0.15, 0.2) is 106 Å². The Balaban J connectivity index is 0.000000312. The molecule has 1 radical (unpaired) electrons. The third-order valence-electron chi connectivity index (χ3n) is 11.9. The second-order valence-corrected chi connectivity index (χ2v) is 19.7. The van der Waals surface area contributed by atoms with Crippen LogP contribution in [0.1, 0.15) is 138 Å². The van der Waals surface area contributed by atoms with E-state index >= 15 is 0 Å². The van der Waals surface area contributed by atoms with Gasteiger partial charge in [0.25, 0.3) is 0 Å². The van der Waals surface area contributed by atoms with Gasteiger partial charge in [0, 0.05) is 69.1 Å². The molecule has 0 bridgehead atoms. The molecule has 5 aromatic carbocycles. The maximum atomic E-state index is 12.8. The van der Waals surface area contributed by atoms with Crippen LogP contribution in [0.2, 0.25) is 0 Å². The molecule has 0 unspecified atom stereocenters. The summed E-state index contributed by atoms with van der Waals surface area (Å²) in [5, 5.41) is 3.11. The first-order valence-electron chi connectivity index (χ1n) is 23.4. The number of pyridine rings is 1. The van der Waals surface area contributed by atoms with E-state index in [1.807, 2.05) is 30.3 Å². The van der Waals surface area contributed by atoms with E-state index in [2.05, 4.69) is 141 Å². The first-order valence-corrected chi connectivity index (χ1v) is 21.9. The number of fused-ring (bicyclic) bond motifs is 7. The first-order chi connectivity index (χ1) is 31.0. The van der Waals surface area contributed by atoms with E-state index < -0.39 is 6.85 Å². The average molecular weight is 1030 g/mol. The molecule has 0 amide bonds. The number of para-hydroxylation sites is 1. The molecule has 0 aliphatic heterocycles. The van der Waals surface area contributed by atoms with Crippen LogP contribution in [0.4, 0.5) is 4.39 Å². The Morgan fingerprint density at radius 2 is 1.31 bits per heavy atom. The molecule has 0 atom stereocenters. The molecular formula is C57H58FIrN3O2-2. The Hall–Kier alpha value is -5.49. The summed E-state index contributed by atoms with van der Waals surface area (Å²) in [5.74, 6) is 0.750. The number of aromatic nitrogens is 3. The second kappa shape index (κ2) is 17.8. The maximum Gasteiger partial charge on any atom is 0.177 e. The van der Waals surface area contributed by atoms with Crippen molar-refractivity contribution < 1.29 is 37.4 Å². The number of furan rings is 2. The summed E-state index contributed by atoms with van der Waals surface area (Å²) in [4.78, 5) is 13.4. The molecule has 0 N–H and O–H groups in total. The van der Waals surface area contributed by atoms with E-state index in [0.29, 0.717) is 56.5 Å². The van der Waals surface area contributed by atoms with Crippen molar-refractivity contribution in [3.05, 3.63) is 149 Å². The van der Waals surface area contributed by atoms with Crippen molar-refractivity contribution in [1.29, 1.82) is 0 Å². The van der Waals surface area contributed by atoms with Gasteiger partial charge in [-0.3, -0.25) is 9.37 Å². The van der Waals surface area contributed by atoms with Crippen molar-refractivity contribution in [2.24, 2.45) is 0 Å². The molecule has 0 spiro atoms. The van der Waals surface area contributed by atoms with Crippen LogP contribution in [0, 0.1) is 24.8 Å². The van der Waals surface area contributed by atoms with E-state index in [4.69, 9.17) is 12.9 Å². The van der Waals surface area contributed by atoms with Gasteiger partial charge < -0.3 is 13.8 Å². The van der Waals surface area contributed by atoms with Gasteiger partial charge in [-0.1, -0.05) is 149 Å². The second-order valence-electron chi connectivity index (χ2n) is 19.7. The van der Waals surface area contributed by atoms with Gasteiger partial charge in [0.2, 0.25) is 0 Å². The Labute approximate surface area is 395 Å². The zero-order valence-corrected chi connectivity index (χ0v) is 41.2. The third-order valence-corrected chi connectivity index (χ3v) is 11.9. The molecule has 0 aliphatic rings. The van der Waals surface area contributed by atoms with Crippen LogP contribution in [0.25, 0.3) is 77.5 Å². The van der Waals surface area contributed by atoms with Gasteiger partial charge in [-0.15, -0.1) is 47.5 Å². The van der Waals surface area contributed by atoms with E-state index in [0.717, 1.165) is 38.9 Å². The summed E-state index contributed by atoms with van der Waals surface area (Å²) < 4.78 is 51.7. The summed E-state index contributed by atoms with van der Waals surface area (Å²) >= 11 is 0. The molecule has 0 aliphatic carbocycles. The smallest absolute Gasteiger partial charge is 0.177 e. The molecule has 331 valence electrons. The number of nitrogens with zero attached hydrogens (tertiary/aromatic N) is 3. The Kier molecular flexibility index (Phi) is 11.8. The average Bonchev–Trinajstić information content (AvgIpc) is 3.85. The number of hydrogen-bond acceptors (Lipinski definition) is 5. The number of aryl methyl sites for hydroxylation is 1. The normalized spacial score (nSPS) is 13.1. The summed E-state index contributed by atoms with van der Waals surface area (Å²) in [6.07, 6.45) is 3.33. The molecular weight excluding hydrogens is 970 g/mol. The number of rotatable bonds is 6. The molecule has 0 fully saturated rings. The molecule has 7 heteroatoms. The minimum absolute atomic E-state index is 0. The zero-order chi connectivity index (χ0) is 47.6. The van der Waals surface area contributed by atoms with E-state index in [9.17, 15) is 4.39 Å². The number of hydrogen-bond donors (Lipinski definition) is 0. The predicted molar refractivity (Wildman–Crippen MR) is 259 cm³/mol. The van der Waals surface area contributed by atoms with Crippen molar-refractivity contribution >= 4 is 43.9 Å². The van der Waals surface area contributed by atoms with Crippen molar-refractivity contribution in [2.45, 2.75) is 119 Å². The number of halogens is 1. The fraction of sp³-hybridized carbons (Fsp3) is 0.316. The molecule has 0 saturated heterocycles. The Bertz CT molecular complexity index is 3230. The van der Waals surface area contributed by atoms with Crippen molar-refractivity contribution in [3.63, 3.8) is 0 Å². The summed E-state index contributed by atoms with van der Waals surface area (Å²) in [6, 6.07) is 33.2. The van der Waals surface area contributed by atoms with Crippen LogP contribution >= 0.6 is 0 Å². The van der Waals surface area contributed by atoms with Crippen LogP contribution in [0.5, 0.6) is 0 Å². The van der Waals surface area contributed by atoms with Crippen LogP contribution < -0.4 is 0 Å². The van der Waals surface area contributed by atoms with Crippen LogP contribution in [-0.2, 0) is 30.9 Å². The monoisotopic (exact) mass is 1030 g/mol. The van der Waals surface area contributed by atoms with Crippen LogP contribution in [-0.4, -0.2) is 15.0 Å². The Morgan fingerprint density at radius 1 is 0.641 bits per heavy atom. The van der Waals surface area contributed by atoms with Gasteiger partial charge in [-0.25, -0.2) is 4.98 Å².